The Bertz CT molecular complexity index is 697. The highest BCUT2D eigenvalue weighted by atomic mass is 35.5. The van der Waals surface area contributed by atoms with E-state index in [1.165, 1.54) is 6.33 Å². The van der Waals surface area contributed by atoms with Gasteiger partial charge in [-0.05, 0) is 5.46 Å². The fourth-order valence-electron chi connectivity index (χ4n) is 1.73. The van der Waals surface area contributed by atoms with Crippen LogP contribution in [0.4, 0.5) is 0 Å². The molecule has 1 heterocycles. The van der Waals surface area contributed by atoms with Crippen molar-refractivity contribution in [3.8, 4) is 11.3 Å². The molecule has 110 valence electrons. The van der Waals surface area contributed by atoms with Crippen LogP contribution in [0.25, 0.3) is 11.3 Å². The molecular weight excluding hydrogens is 298 g/mol. The molecule has 3 aromatic rings. The van der Waals surface area contributed by atoms with Crippen molar-refractivity contribution >= 4 is 24.2 Å². The van der Waals surface area contributed by atoms with E-state index < -0.39 is 7.12 Å². The Hall–Kier alpha value is -2.21. The molecule has 6 heteroatoms. The van der Waals surface area contributed by atoms with Gasteiger partial charge in [0.2, 0.25) is 0 Å². The second kappa shape index (κ2) is 8.29. The van der Waals surface area contributed by atoms with E-state index in [0.29, 0.717) is 10.6 Å². The van der Waals surface area contributed by atoms with E-state index in [1.807, 2.05) is 36.4 Å². The van der Waals surface area contributed by atoms with Crippen LogP contribution < -0.4 is 5.46 Å². The van der Waals surface area contributed by atoms with Crippen LogP contribution in [-0.4, -0.2) is 27.1 Å². The number of rotatable bonds is 2. The van der Waals surface area contributed by atoms with Crippen LogP contribution in [0.2, 0.25) is 5.15 Å². The minimum atomic E-state index is -1.34. The van der Waals surface area contributed by atoms with Crippen molar-refractivity contribution in [2.75, 3.05) is 0 Å². The molecule has 0 saturated carbocycles. The van der Waals surface area contributed by atoms with Gasteiger partial charge in [-0.2, -0.15) is 0 Å². The lowest BCUT2D eigenvalue weighted by atomic mass is 9.81. The molecule has 0 radical (unpaired) electrons. The lowest BCUT2D eigenvalue weighted by Gasteiger charge is -1.98. The fourth-order valence-corrected chi connectivity index (χ4v) is 1.87. The van der Waals surface area contributed by atoms with Crippen LogP contribution in [0.15, 0.2) is 73.1 Å². The summed E-state index contributed by atoms with van der Waals surface area (Å²) in [6.45, 7) is 0. The Morgan fingerprint density at radius 3 is 1.91 bits per heavy atom. The van der Waals surface area contributed by atoms with E-state index in [2.05, 4.69) is 9.97 Å². The van der Waals surface area contributed by atoms with Crippen molar-refractivity contribution in [1.29, 1.82) is 0 Å². The van der Waals surface area contributed by atoms with Gasteiger partial charge < -0.3 is 10.0 Å². The van der Waals surface area contributed by atoms with Crippen molar-refractivity contribution in [1.82, 2.24) is 9.97 Å². The predicted molar refractivity (Wildman–Crippen MR) is 88.7 cm³/mol. The Morgan fingerprint density at radius 2 is 1.41 bits per heavy atom. The Labute approximate surface area is 134 Å². The van der Waals surface area contributed by atoms with Gasteiger partial charge in [0.1, 0.15) is 11.5 Å². The SMILES string of the molecule is Clc1cc(-c2ccccc2)ncn1.OB(O)c1ccccc1. The molecule has 0 spiro atoms. The largest absolute Gasteiger partial charge is 0.488 e. The summed E-state index contributed by atoms with van der Waals surface area (Å²) in [4.78, 5) is 7.93. The number of hydrogen-bond acceptors (Lipinski definition) is 4. The number of hydrogen-bond donors (Lipinski definition) is 2. The Morgan fingerprint density at radius 1 is 0.818 bits per heavy atom. The van der Waals surface area contributed by atoms with Gasteiger partial charge in [-0.15, -0.1) is 0 Å². The summed E-state index contributed by atoms with van der Waals surface area (Å²) in [6, 6.07) is 20.3. The molecule has 0 amide bonds. The molecule has 0 atom stereocenters. The monoisotopic (exact) mass is 312 g/mol. The Balaban J connectivity index is 0.000000172. The van der Waals surface area contributed by atoms with Crippen molar-refractivity contribution in [2.45, 2.75) is 0 Å². The topological polar surface area (TPSA) is 66.2 Å². The third-order valence-corrected chi connectivity index (χ3v) is 3.01. The maximum atomic E-state index is 8.58. The van der Waals surface area contributed by atoms with Gasteiger partial charge in [0, 0.05) is 11.6 Å². The molecule has 0 fully saturated rings. The smallest absolute Gasteiger partial charge is 0.423 e. The van der Waals surface area contributed by atoms with E-state index in [1.54, 1.807) is 30.3 Å². The second-order valence-electron chi connectivity index (χ2n) is 4.38. The van der Waals surface area contributed by atoms with Crippen LogP contribution in [0.3, 0.4) is 0 Å². The summed E-state index contributed by atoms with van der Waals surface area (Å²) in [5.74, 6) is 0. The van der Waals surface area contributed by atoms with Gasteiger partial charge in [0.05, 0.1) is 5.69 Å². The molecule has 0 aliphatic heterocycles. The molecule has 0 saturated heterocycles. The summed E-state index contributed by atoms with van der Waals surface area (Å²) in [5.41, 5.74) is 2.42. The average molecular weight is 313 g/mol. The second-order valence-corrected chi connectivity index (χ2v) is 4.76. The number of nitrogens with zero attached hydrogens (tertiary/aromatic N) is 2. The fraction of sp³-hybridized carbons (Fsp3) is 0. The van der Waals surface area contributed by atoms with Crippen LogP contribution in [0.5, 0.6) is 0 Å². The number of benzene rings is 2. The highest BCUT2D eigenvalue weighted by molar-refractivity contribution is 6.58. The van der Waals surface area contributed by atoms with Crippen LogP contribution in [0.1, 0.15) is 0 Å². The van der Waals surface area contributed by atoms with Crippen LogP contribution >= 0.6 is 11.6 Å². The molecule has 0 aliphatic carbocycles. The van der Waals surface area contributed by atoms with Gasteiger partial charge in [0.25, 0.3) is 0 Å². The average Bonchev–Trinajstić information content (AvgIpc) is 2.57. The summed E-state index contributed by atoms with van der Waals surface area (Å²) in [5, 5.41) is 17.6. The standard InChI is InChI=1S/C10H7ClN2.C6H7BO2/c11-10-6-9(12-7-13-10)8-4-2-1-3-5-8;8-7(9)6-4-2-1-3-5-6/h1-7H;1-5,8-9H. The van der Waals surface area contributed by atoms with Gasteiger partial charge in [0.15, 0.2) is 0 Å². The molecule has 0 bridgehead atoms. The molecule has 0 aliphatic rings. The molecule has 0 unspecified atom stereocenters. The van der Waals surface area contributed by atoms with Crippen molar-refractivity contribution in [3.63, 3.8) is 0 Å². The molecule has 2 aromatic carbocycles. The summed E-state index contributed by atoms with van der Waals surface area (Å²) < 4.78 is 0. The molecule has 1 aromatic heterocycles. The van der Waals surface area contributed by atoms with E-state index in [9.17, 15) is 0 Å². The molecular formula is C16H14BClN2O2. The first-order valence-corrected chi connectivity index (χ1v) is 6.98. The zero-order valence-corrected chi connectivity index (χ0v) is 12.4. The third-order valence-electron chi connectivity index (χ3n) is 2.80. The molecule has 4 nitrogen and oxygen atoms in total. The van der Waals surface area contributed by atoms with Crippen molar-refractivity contribution in [3.05, 3.63) is 78.2 Å². The molecule has 2 N–H and O–H groups in total. The maximum absolute atomic E-state index is 8.58. The van der Waals surface area contributed by atoms with Crippen LogP contribution in [-0.2, 0) is 0 Å². The summed E-state index contributed by atoms with van der Waals surface area (Å²) >= 11 is 5.74. The lowest BCUT2D eigenvalue weighted by molar-refractivity contribution is 0.426. The normalized spacial score (nSPS) is 9.59. The maximum Gasteiger partial charge on any atom is 0.488 e. The highest BCUT2D eigenvalue weighted by Gasteiger charge is 2.07. The summed E-state index contributed by atoms with van der Waals surface area (Å²) in [6.07, 6.45) is 1.46. The minimum absolute atomic E-state index is 0.467. The van der Waals surface area contributed by atoms with E-state index in [0.717, 1.165) is 11.3 Å². The third kappa shape index (κ3) is 4.97. The Kier molecular flexibility index (Phi) is 6.09. The number of halogens is 1. The van der Waals surface area contributed by atoms with Gasteiger partial charge in [-0.3, -0.25) is 0 Å². The predicted octanol–water partition coefficient (Wildman–Crippen LogP) is 2.16. The van der Waals surface area contributed by atoms with E-state index >= 15 is 0 Å². The zero-order chi connectivity index (χ0) is 15.8. The van der Waals surface area contributed by atoms with Crippen molar-refractivity contribution in [2.24, 2.45) is 0 Å². The van der Waals surface area contributed by atoms with Gasteiger partial charge in [-0.25, -0.2) is 9.97 Å². The van der Waals surface area contributed by atoms with Gasteiger partial charge >= 0.3 is 7.12 Å². The van der Waals surface area contributed by atoms with Crippen LogP contribution in [0, 0.1) is 0 Å². The quantitative estimate of drug-likeness (QED) is 0.562. The van der Waals surface area contributed by atoms with Gasteiger partial charge in [-0.1, -0.05) is 72.3 Å². The summed E-state index contributed by atoms with van der Waals surface area (Å²) in [7, 11) is -1.34. The molecule has 22 heavy (non-hydrogen) atoms. The lowest BCUT2D eigenvalue weighted by Crippen LogP contribution is -2.29. The first-order valence-electron chi connectivity index (χ1n) is 6.61. The first kappa shape index (κ1) is 16.2. The van der Waals surface area contributed by atoms with Crippen molar-refractivity contribution < 1.29 is 10.0 Å². The minimum Gasteiger partial charge on any atom is -0.423 e. The van der Waals surface area contributed by atoms with E-state index in [4.69, 9.17) is 21.6 Å². The number of aromatic nitrogens is 2. The zero-order valence-electron chi connectivity index (χ0n) is 11.7. The van der Waals surface area contributed by atoms with E-state index in [-0.39, 0.29) is 0 Å². The highest BCUT2D eigenvalue weighted by Crippen LogP contribution is 2.17. The first-order chi connectivity index (χ1) is 10.7. The molecule has 3 rings (SSSR count).